The Labute approximate surface area is 124 Å². The summed E-state index contributed by atoms with van der Waals surface area (Å²) in [4.78, 5) is 0. The van der Waals surface area contributed by atoms with Gasteiger partial charge in [0.05, 0.1) is 5.56 Å². The minimum Gasteiger partial charge on any atom is -0.308 e. The zero-order valence-corrected chi connectivity index (χ0v) is 11.6. The molecule has 2 rings (SSSR count). The van der Waals surface area contributed by atoms with Crippen molar-refractivity contribution in [2.75, 3.05) is 0 Å². The van der Waals surface area contributed by atoms with Crippen LogP contribution in [0.15, 0.2) is 42.5 Å². The first-order valence-electron chi connectivity index (χ1n) is 6.18. The van der Waals surface area contributed by atoms with Gasteiger partial charge in [0.2, 0.25) is 0 Å². The molecule has 0 amide bonds. The summed E-state index contributed by atoms with van der Waals surface area (Å²) < 4.78 is 52.0. The highest BCUT2D eigenvalue weighted by Crippen LogP contribution is 2.31. The van der Waals surface area contributed by atoms with E-state index < -0.39 is 17.6 Å². The molecule has 0 aliphatic carbocycles. The summed E-state index contributed by atoms with van der Waals surface area (Å²) in [7, 11) is 0. The lowest BCUT2D eigenvalue weighted by Gasteiger charge is -2.13. The summed E-state index contributed by atoms with van der Waals surface area (Å²) in [6, 6.07) is 9.53. The normalized spacial score (nSPS) is 11.7. The number of rotatable bonds is 4. The maximum absolute atomic E-state index is 13.5. The molecular weight excluding hydrogens is 306 g/mol. The SMILES string of the molecule is Fc1cccc(Cl)c1CNCc1ccccc1C(F)(F)F. The Morgan fingerprint density at radius 3 is 2.33 bits per heavy atom. The van der Waals surface area contributed by atoms with E-state index in [1.165, 1.54) is 36.4 Å². The van der Waals surface area contributed by atoms with Gasteiger partial charge in [-0.2, -0.15) is 13.2 Å². The number of alkyl halides is 3. The first-order valence-corrected chi connectivity index (χ1v) is 6.56. The highest BCUT2D eigenvalue weighted by atomic mass is 35.5. The molecule has 0 aliphatic heterocycles. The molecule has 0 unspecified atom stereocenters. The van der Waals surface area contributed by atoms with Gasteiger partial charge in [0.25, 0.3) is 0 Å². The van der Waals surface area contributed by atoms with Crippen LogP contribution in [-0.2, 0) is 19.3 Å². The standard InChI is InChI=1S/C15H12ClF4N/c16-13-6-3-7-14(17)11(13)9-21-8-10-4-1-2-5-12(10)15(18,19)20/h1-7,21H,8-9H2. The van der Waals surface area contributed by atoms with Gasteiger partial charge in [-0.3, -0.25) is 0 Å². The number of hydrogen-bond donors (Lipinski definition) is 1. The molecule has 1 N–H and O–H groups in total. The predicted octanol–water partition coefficient (Wildman–Crippen LogP) is 4.79. The minimum absolute atomic E-state index is 0.0274. The molecule has 6 heteroatoms. The van der Waals surface area contributed by atoms with Gasteiger partial charge in [-0.15, -0.1) is 0 Å². The van der Waals surface area contributed by atoms with Crippen molar-refractivity contribution in [1.82, 2.24) is 5.32 Å². The number of hydrogen-bond acceptors (Lipinski definition) is 1. The molecule has 0 atom stereocenters. The van der Waals surface area contributed by atoms with Crippen LogP contribution in [0.25, 0.3) is 0 Å². The van der Waals surface area contributed by atoms with Crippen LogP contribution in [0.3, 0.4) is 0 Å². The Balaban J connectivity index is 2.08. The topological polar surface area (TPSA) is 12.0 Å². The fraction of sp³-hybridized carbons (Fsp3) is 0.200. The number of halogens is 5. The second-order valence-electron chi connectivity index (χ2n) is 4.46. The lowest BCUT2D eigenvalue weighted by Crippen LogP contribution is -2.18. The molecular formula is C15H12ClF4N. The average molecular weight is 318 g/mol. The highest BCUT2D eigenvalue weighted by molar-refractivity contribution is 6.31. The van der Waals surface area contributed by atoms with Crippen LogP contribution in [-0.4, -0.2) is 0 Å². The molecule has 0 saturated heterocycles. The lowest BCUT2D eigenvalue weighted by molar-refractivity contribution is -0.138. The third kappa shape index (κ3) is 3.95. The van der Waals surface area contributed by atoms with Crippen LogP contribution in [0, 0.1) is 5.82 Å². The van der Waals surface area contributed by atoms with E-state index in [-0.39, 0.29) is 29.2 Å². The second-order valence-corrected chi connectivity index (χ2v) is 4.87. The summed E-state index contributed by atoms with van der Waals surface area (Å²) in [5.74, 6) is -0.487. The third-order valence-electron chi connectivity index (χ3n) is 3.00. The van der Waals surface area contributed by atoms with Crippen molar-refractivity contribution in [2.24, 2.45) is 0 Å². The third-order valence-corrected chi connectivity index (χ3v) is 3.36. The molecule has 21 heavy (non-hydrogen) atoms. The molecule has 2 aromatic carbocycles. The van der Waals surface area contributed by atoms with Crippen LogP contribution >= 0.6 is 11.6 Å². The molecule has 1 nitrogen and oxygen atoms in total. The quantitative estimate of drug-likeness (QED) is 0.800. The monoisotopic (exact) mass is 317 g/mol. The van der Waals surface area contributed by atoms with Crippen LogP contribution in [0.2, 0.25) is 5.02 Å². The van der Waals surface area contributed by atoms with E-state index in [0.717, 1.165) is 6.07 Å². The zero-order chi connectivity index (χ0) is 15.5. The summed E-state index contributed by atoms with van der Waals surface area (Å²) in [5.41, 5.74) is -0.349. The van der Waals surface area contributed by atoms with Gasteiger partial charge in [-0.05, 0) is 23.8 Å². The first kappa shape index (κ1) is 15.8. The molecule has 112 valence electrons. The molecule has 0 fully saturated rings. The first-order chi connectivity index (χ1) is 9.89. The largest absolute Gasteiger partial charge is 0.416 e. The van der Waals surface area contributed by atoms with E-state index in [2.05, 4.69) is 5.32 Å². The molecule has 0 aliphatic rings. The Bertz CT molecular complexity index is 605. The molecule has 0 radical (unpaired) electrons. The Morgan fingerprint density at radius 2 is 1.67 bits per heavy atom. The van der Waals surface area contributed by atoms with E-state index in [9.17, 15) is 17.6 Å². The molecule has 0 spiro atoms. The molecule has 2 aromatic rings. The van der Waals surface area contributed by atoms with Gasteiger partial charge < -0.3 is 5.32 Å². The minimum atomic E-state index is -4.41. The summed E-state index contributed by atoms with van der Waals surface area (Å²) in [6.07, 6.45) is -4.41. The van der Waals surface area contributed by atoms with Gasteiger partial charge in [0.1, 0.15) is 5.82 Å². The van der Waals surface area contributed by atoms with Crippen LogP contribution in [0.4, 0.5) is 17.6 Å². The fourth-order valence-electron chi connectivity index (χ4n) is 1.97. The summed E-state index contributed by atoms with van der Waals surface area (Å²) >= 11 is 5.86. The lowest BCUT2D eigenvalue weighted by atomic mass is 10.1. The van der Waals surface area contributed by atoms with Crippen molar-refractivity contribution < 1.29 is 17.6 Å². The van der Waals surface area contributed by atoms with Crippen molar-refractivity contribution in [3.8, 4) is 0 Å². The van der Waals surface area contributed by atoms with Gasteiger partial charge in [-0.1, -0.05) is 35.9 Å². The molecule has 0 bridgehead atoms. The van der Waals surface area contributed by atoms with Gasteiger partial charge in [0, 0.05) is 23.7 Å². The smallest absolute Gasteiger partial charge is 0.308 e. The Morgan fingerprint density at radius 1 is 0.952 bits per heavy atom. The maximum atomic E-state index is 13.5. The second kappa shape index (κ2) is 6.45. The van der Waals surface area contributed by atoms with Gasteiger partial charge in [0.15, 0.2) is 0 Å². The van der Waals surface area contributed by atoms with E-state index in [1.54, 1.807) is 0 Å². The van der Waals surface area contributed by atoms with Crippen LogP contribution in [0.1, 0.15) is 16.7 Å². The zero-order valence-electron chi connectivity index (χ0n) is 10.8. The van der Waals surface area contributed by atoms with Crippen molar-refractivity contribution in [3.05, 3.63) is 70.0 Å². The average Bonchev–Trinajstić information content (AvgIpc) is 2.41. The Kier molecular flexibility index (Phi) is 4.85. The number of benzene rings is 2. The molecule has 0 saturated carbocycles. The highest BCUT2D eigenvalue weighted by Gasteiger charge is 2.32. The van der Waals surface area contributed by atoms with Crippen molar-refractivity contribution in [3.63, 3.8) is 0 Å². The van der Waals surface area contributed by atoms with Crippen LogP contribution in [0.5, 0.6) is 0 Å². The maximum Gasteiger partial charge on any atom is 0.416 e. The van der Waals surface area contributed by atoms with Gasteiger partial charge in [-0.25, -0.2) is 4.39 Å². The fourth-order valence-corrected chi connectivity index (χ4v) is 2.20. The number of nitrogens with one attached hydrogen (secondary N) is 1. The van der Waals surface area contributed by atoms with E-state index in [1.807, 2.05) is 0 Å². The van der Waals surface area contributed by atoms with Gasteiger partial charge >= 0.3 is 6.18 Å². The van der Waals surface area contributed by atoms with E-state index in [4.69, 9.17) is 11.6 Å². The van der Waals surface area contributed by atoms with Crippen molar-refractivity contribution >= 4 is 11.6 Å². The molecule has 0 heterocycles. The van der Waals surface area contributed by atoms with Crippen LogP contribution < -0.4 is 5.32 Å². The predicted molar refractivity (Wildman–Crippen MR) is 73.4 cm³/mol. The Hall–Kier alpha value is -1.59. The van der Waals surface area contributed by atoms with E-state index in [0.29, 0.717) is 0 Å². The summed E-state index contributed by atoms with van der Waals surface area (Å²) in [5, 5.41) is 3.03. The molecule has 0 aromatic heterocycles. The summed E-state index contributed by atoms with van der Waals surface area (Å²) in [6.45, 7) is 0.0258. The van der Waals surface area contributed by atoms with Crippen molar-refractivity contribution in [1.29, 1.82) is 0 Å². The van der Waals surface area contributed by atoms with Crippen molar-refractivity contribution in [2.45, 2.75) is 19.3 Å². The van der Waals surface area contributed by atoms with E-state index >= 15 is 0 Å².